The molecular formula is C27H26N4O3S. The van der Waals surface area contributed by atoms with Gasteiger partial charge in [-0.15, -0.1) is 11.3 Å². The van der Waals surface area contributed by atoms with Crippen LogP contribution >= 0.6 is 11.3 Å². The molecule has 1 saturated heterocycles. The fourth-order valence-electron chi connectivity index (χ4n) is 4.44. The number of benzene rings is 2. The van der Waals surface area contributed by atoms with Crippen molar-refractivity contribution in [3.05, 3.63) is 88.2 Å². The Kier molecular flexibility index (Phi) is 6.63. The van der Waals surface area contributed by atoms with Crippen molar-refractivity contribution in [1.29, 1.82) is 0 Å². The van der Waals surface area contributed by atoms with E-state index in [0.29, 0.717) is 30.0 Å². The number of hydrogen-bond acceptors (Lipinski definition) is 4. The molecule has 0 bridgehead atoms. The maximum atomic E-state index is 13.4. The Morgan fingerprint density at radius 2 is 1.97 bits per heavy atom. The van der Waals surface area contributed by atoms with Crippen molar-refractivity contribution in [2.24, 2.45) is 0 Å². The van der Waals surface area contributed by atoms with E-state index >= 15 is 0 Å². The second-order valence-corrected chi connectivity index (χ2v) is 9.62. The molecule has 1 atom stereocenters. The Labute approximate surface area is 207 Å². The largest absolute Gasteiger partial charge is 0.361 e. The first kappa shape index (κ1) is 22.9. The highest BCUT2D eigenvalue weighted by molar-refractivity contribution is 7.12. The summed E-state index contributed by atoms with van der Waals surface area (Å²) in [5.41, 5.74) is 3.52. The van der Waals surface area contributed by atoms with Gasteiger partial charge in [0.1, 0.15) is 6.04 Å². The lowest BCUT2D eigenvalue weighted by Crippen LogP contribution is -2.45. The Bertz CT molecular complexity index is 1360. The number of nitrogens with one attached hydrogen (secondary N) is 3. The minimum Gasteiger partial charge on any atom is -0.361 e. The highest BCUT2D eigenvalue weighted by Crippen LogP contribution is 2.21. The molecule has 8 heteroatoms. The van der Waals surface area contributed by atoms with Gasteiger partial charge in [-0.1, -0.05) is 36.4 Å². The van der Waals surface area contributed by atoms with E-state index in [1.165, 1.54) is 11.3 Å². The quantitative estimate of drug-likeness (QED) is 0.346. The number of para-hydroxylation sites is 1. The number of carbonyl (C=O) groups is 3. The summed E-state index contributed by atoms with van der Waals surface area (Å²) in [5.74, 6) is -0.412. The van der Waals surface area contributed by atoms with Crippen molar-refractivity contribution in [2.45, 2.75) is 31.8 Å². The zero-order chi connectivity index (χ0) is 24.2. The summed E-state index contributed by atoms with van der Waals surface area (Å²) in [6.07, 6.45) is 3.70. The predicted octanol–water partition coefficient (Wildman–Crippen LogP) is 4.33. The fraction of sp³-hybridized carbons (Fsp3) is 0.222. The fourth-order valence-corrected chi connectivity index (χ4v) is 5.06. The van der Waals surface area contributed by atoms with Crippen LogP contribution in [0.4, 0.5) is 5.69 Å². The summed E-state index contributed by atoms with van der Waals surface area (Å²) < 4.78 is 0. The van der Waals surface area contributed by atoms with Gasteiger partial charge in [0.15, 0.2) is 0 Å². The summed E-state index contributed by atoms with van der Waals surface area (Å²) in [6, 6.07) is 18.2. The molecule has 3 N–H and O–H groups in total. The number of rotatable bonds is 8. The van der Waals surface area contributed by atoms with Crippen molar-refractivity contribution < 1.29 is 14.4 Å². The van der Waals surface area contributed by atoms with Crippen LogP contribution in [0.3, 0.4) is 0 Å². The van der Waals surface area contributed by atoms with Gasteiger partial charge in [-0.3, -0.25) is 14.4 Å². The second-order valence-electron chi connectivity index (χ2n) is 8.68. The third kappa shape index (κ3) is 5.27. The van der Waals surface area contributed by atoms with Crippen LogP contribution in [0.15, 0.2) is 72.2 Å². The summed E-state index contributed by atoms with van der Waals surface area (Å²) in [6.45, 7) is 1.29. The molecule has 1 unspecified atom stereocenters. The molecule has 0 radical (unpaired) electrons. The Balaban J connectivity index is 1.34. The zero-order valence-corrected chi connectivity index (χ0v) is 19.9. The minimum atomic E-state index is -0.771. The lowest BCUT2D eigenvalue weighted by molar-refractivity contribution is -0.128. The maximum absolute atomic E-state index is 13.4. The van der Waals surface area contributed by atoms with Crippen LogP contribution in [-0.2, 0) is 22.6 Å². The molecule has 3 heterocycles. The van der Waals surface area contributed by atoms with Gasteiger partial charge in [-0.05, 0) is 47.2 Å². The summed E-state index contributed by atoms with van der Waals surface area (Å²) in [5, 5.41) is 8.73. The molecular weight excluding hydrogens is 460 g/mol. The highest BCUT2D eigenvalue weighted by atomic mass is 32.1. The van der Waals surface area contributed by atoms with Gasteiger partial charge in [0.05, 0.1) is 4.88 Å². The van der Waals surface area contributed by atoms with E-state index in [9.17, 15) is 14.4 Å². The van der Waals surface area contributed by atoms with Gasteiger partial charge < -0.3 is 20.5 Å². The van der Waals surface area contributed by atoms with E-state index in [1.54, 1.807) is 6.07 Å². The first-order chi connectivity index (χ1) is 17.1. The molecule has 5 rings (SSSR count). The molecule has 1 aliphatic rings. The Morgan fingerprint density at radius 3 is 2.77 bits per heavy atom. The van der Waals surface area contributed by atoms with Crippen molar-refractivity contribution in [1.82, 2.24) is 15.2 Å². The molecule has 1 aliphatic heterocycles. The number of aromatic nitrogens is 1. The SMILES string of the molecule is O=C(NC(Cc1c[nH]c2ccccc12)C(=O)Nc1cccc(CN2CCCC2=O)c1)c1cccs1. The number of hydrogen-bond donors (Lipinski definition) is 3. The van der Waals surface area contributed by atoms with Crippen molar-refractivity contribution in [3.8, 4) is 0 Å². The predicted molar refractivity (Wildman–Crippen MR) is 137 cm³/mol. The van der Waals surface area contributed by atoms with Crippen LogP contribution in [0.2, 0.25) is 0 Å². The van der Waals surface area contributed by atoms with Crippen LogP contribution in [-0.4, -0.2) is 40.2 Å². The Hall–Kier alpha value is -3.91. The number of H-pyrrole nitrogens is 1. The lowest BCUT2D eigenvalue weighted by atomic mass is 10.0. The monoisotopic (exact) mass is 486 g/mol. The first-order valence-corrected chi connectivity index (χ1v) is 12.5. The maximum Gasteiger partial charge on any atom is 0.262 e. The number of aromatic amines is 1. The number of nitrogens with zero attached hydrogens (tertiary/aromatic N) is 1. The molecule has 178 valence electrons. The molecule has 35 heavy (non-hydrogen) atoms. The van der Waals surface area contributed by atoms with Crippen molar-refractivity contribution >= 4 is 45.6 Å². The molecule has 0 saturated carbocycles. The van der Waals surface area contributed by atoms with E-state index in [4.69, 9.17) is 0 Å². The highest BCUT2D eigenvalue weighted by Gasteiger charge is 2.24. The average molecular weight is 487 g/mol. The van der Waals surface area contributed by atoms with Crippen LogP contribution in [0.5, 0.6) is 0 Å². The summed E-state index contributed by atoms with van der Waals surface area (Å²) in [7, 11) is 0. The van der Waals surface area contributed by atoms with Gasteiger partial charge in [0.25, 0.3) is 5.91 Å². The van der Waals surface area contributed by atoms with Crippen molar-refractivity contribution in [2.75, 3.05) is 11.9 Å². The standard InChI is InChI=1S/C27H26N4O3S/c32-25-11-4-12-31(25)17-18-6-3-7-20(14-18)29-26(33)23(30-27(34)24-10-5-13-35-24)15-19-16-28-22-9-2-1-8-21(19)22/h1-3,5-10,13-14,16,23,28H,4,11-12,15,17H2,(H,29,33)(H,30,34). The number of amides is 3. The van der Waals surface area contributed by atoms with Gasteiger partial charge in [-0.2, -0.15) is 0 Å². The van der Waals surface area contributed by atoms with Crippen LogP contribution < -0.4 is 10.6 Å². The third-order valence-electron chi connectivity index (χ3n) is 6.21. The van der Waals surface area contributed by atoms with E-state index in [1.807, 2.05) is 71.1 Å². The summed E-state index contributed by atoms with van der Waals surface area (Å²) in [4.78, 5) is 43.8. The molecule has 0 aliphatic carbocycles. The molecule has 0 spiro atoms. The number of fused-ring (bicyclic) bond motifs is 1. The van der Waals surface area contributed by atoms with E-state index in [-0.39, 0.29) is 17.7 Å². The lowest BCUT2D eigenvalue weighted by Gasteiger charge is -2.19. The molecule has 3 amide bonds. The first-order valence-electron chi connectivity index (χ1n) is 11.6. The average Bonchev–Trinajstić information content (AvgIpc) is 3.62. The van der Waals surface area contributed by atoms with E-state index in [2.05, 4.69) is 15.6 Å². The van der Waals surface area contributed by atoms with Gasteiger partial charge >= 0.3 is 0 Å². The number of thiophene rings is 1. The van der Waals surface area contributed by atoms with Gasteiger partial charge in [-0.25, -0.2) is 0 Å². The number of likely N-dealkylation sites (tertiary alicyclic amines) is 1. The molecule has 4 aromatic rings. The topological polar surface area (TPSA) is 94.3 Å². The molecule has 2 aromatic carbocycles. The molecule has 1 fully saturated rings. The Morgan fingerprint density at radius 1 is 1.09 bits per heavy atom. The zero-order valence-electron chi connectivity index (χ0n) is 19.1. The van der Waals surface area contributed by atoms with Crippen molar-refractivity contribution in [3.63, 3.8) is 0 Å². The van der Waals surface area contributed by atoms with Gasteiger partial charge in [0.2, 0.25) is 11.8 Å². The molecule has 2 aromatic heterocycles. The second kappa shape index (κ2) is 10.1. The van der Waals surface area contributed by atoms with E-state index < -0.39 is 6.04 Å². The number of anilines is 1. The smallest absolute Gasteiger partial charge is 0.262 e. The minimum absolute atomic E-state index is 0.162. The summed E-state index contributed by atoms with van der Waals surface area (Å²) >= 11 is 1.33. The van der Waals surface area contributed by atoms with Crippen LogP contribution in [0.25, 0.3) is 10.9 Å². The van der Waals surface area contributed by atoms with Crippen LogP contribution in [0.1, 0.15) is 33.6 Å². The normalized spacial score (nSPS) is 14.3. The van der Waals surface area contributed by atoms with E-state index in [0.717, 1.165) is 35.0 Å². The third-order valence-corrected chi connectivity index (χ3v) is 7.07. The number of carbonyl (C=O) groups excluding carboxylic acids is 3. The van der Waals surface area contributed by atoms with Crippen LogP contribution in [0, 0.1) is 0 Å². The van der Waals surface area contributed by atoms with Gasteiger partial charge in [0, 0.05) is 48.7 Å². The molecule has 7 nitrogen and oxygen atoms in total.